The van der Waals surface area contributed by atoms with Crippen LogP contribution in [0.2, 0.25) is 0 Å². The molecule has 0 aromatic heterocycles. The van der Waals surface area contributed by atoms with Gasteiger partial charge in [0.05, 0.1) is 11.8 Å². The van der Waals surface area contributed by atoms with E-state index in [2.05, 4.69) is 0 Å². The van der Waals surface area contributed by atoms with E-state index in [1.54, 1.807) is 6.07 Å². The Morgan fingerprint density at radius 2 is 2.17 bits per heavy atom. The molecule has 0 rings (SSSR count). The Kier molecular flexibility index (Phi) is 10.4. The average molecular weight is 250 g/mol. The number of hydrogen-bond donors (Lipinski definition) is 1. The normalized spacial score (nSPS) is 9.67. The van der Waals surface area contributed by atoms with E-state index in [9.17, 15) is 8.42 Å². The van der Waals surface area contributed by atoms with Crippen LogP contribution in [0.5, 0.6) is 0 Å². The Morgan fingerprint density at radius 3 is 2.50 bits per heavy atom. The maximum absolute atomic E-state index is 10.5. The van der Waals surface area contributed by atoms with Crippen molar-refractivity contribution in [2.24, 2.45) is 0 Å². The summed E-state index contributed by atoms with van der Waals surface area (Å²) in [7, 11) is -2.73. The number of hydrogen-bond acceptors (Lipinski definition) is 6. The Bertz CT molecular complexity index is 281. The Hall–Kier alpha value is 1.45. The molecule has 0 aromatic rings. The molecule has 0 spiro atoms. The van der Waals surface area contributed by atoms with Crippen molar-refractivity contribution < 1.29 is 8.42 Å². The van der Waals surface area contributed by atoms with E-state index in [1.807, 2.05) is 0 Å². The molecule has 0 fully saturated rings. The molecule has 8 heteroatoms. The van der Waals surface area contributed by atoms with Crippen molar-refractivity contribution in [3.63, 3.8) is 0 Å². The van der Waals surface area contributed by atoms with Crippen LogP contribution in [0.25, 0.3) is 0 Å². The fraction of sp³-hybridized carbons (Fsp3) is 0.500. The Labute approximate surface area is 122 Å². The van der Waals surface area contributed by atoms with Gasteiger partial charge in [-0.3, -0.25) is 5.41 Å². The van der Waals surface area contributed by atoms with Crippen molar-refractivity contribution in [3.8, 4) is 6.07 Å². The zero-order valence-electron chi connectivity index (χ0n) is 5.70. The minimum absolute atomic E-state index is 0. The van der Waals surface area contributed by atoms with E-state index in [0.29, 0.717) is 10.8 Å². The molecule has 64 valence electrons. The quantitative estimate of drug-likeness (QED) is 0.328. The van der Waals surface area contributed by atoms with E-state index in [-0.39, 0.29) is 61.5 Å². The molecule has 4 nitrogen and oxygen atoms in total. The topological polar surface area (TPSA) is 81.8 Å². The van der Waals surface area contributed by atoms with E-state index >= 15 is 0 Å². The minimum atomic E-state index is -3.19. The predicted molar refractivity (Wildman–Crippen MR) is 55.4 cm³/mol. The van der Waals surface area contributed by atoms with Crippen molar-refractivity contribution >= 4 is 87.2 Å². The first kappa shape index (κ1) is 15.9. The summed E-state index contributed by atoms with van der Waals surface area (Å²) in [4.78, 5) is 0. The van der Waals surface area contributed by atoms with E-state index in [4.69, 9.17) is 10.7 Å². The van der Waals surface area contributed by atoms with Crippen molar-refractivity contribution in [1.82, 2.24) is 0 Å². The van der Waals surface area contributed by atoms with E-state index < -0.39 is 8.87 Å². The van der Waals surface area contributed by atoms with Gasteiger partial charge in [0.25, 0.3) is 0 Å². The van der Waals surface area contributed by atoms with Gasteiger partial charge in [-0.2, -0.15) is 5.26 Å². The molecule has 12 heavy (non-hydrogen) atoms. The molecule has 0 aliphatic heterocycles. The van der Waals surface area contributed by atoms with Crippen LogP contribution in [-0.2, 0) is 8.87 Å². The molecule has 0 saturated carbocycles. The van der Waals surface area contributed by atoms with Crippen LogP contribution < -0.4 is 0 Å². The zero-order valence-corrected chi connectivity index (χ0v) is 8.15. The zero-order chi connectivity index (χ0) is 8.91. The summed E-state index contributed by atoms with van der Waals surface area (Å²) in [5.74, 6) is 0.112. The van der Waals surface area contributed by atoms with Gasteiger partial charge in [-0.05, 0) is 0 Å². The summed E-state index contributed by atoms with van der Waals surface area (Å²) in [5.41, 5.74) is 0. The van der Waals surface area contributed by atoms with Crippen LogP contribution in [0.3, 0.4) is 0 Å². The van der Waals surface area contributed by atoms with Crippen LogP contribution in [0.4, 0.5) is 0 Å². The molecule has 1 N–H and O–H groups in total. The fourth-order valence-electron chi connectivity index (χ4n) is 0.259. The fourth-order valence-corrected chi connectivity index (χ4v) is 3.47. The van der Waals surface area contributed by atoms with Gasteiger partial charge in [0.1, 0.15) is 4.38 Å². The summed E-state index contributed by atoms with van der Waals surface area (Å²) in [5, 5.41) is 15.1. The predicted octanol–water partition coefficient (Wildman–Crippen LogP) is 0.222. The Morgan fingerprint density at radius 1 is 1.67 bits per heavy atom. The second-order valence-electron chi connectivity index (χ2n) is 1.52. The molecule has 0 saturated heterocycles. The monoisotopic (exact) mass is 250 g/mol. The molecule has 0 aliphatic rings. The first-order valence-corrected chi connectivity index (χ1v) is 6.64. The van der Waals surface area contributed by atoms with Crippen LogP contribution in [0.15, 0.2) is 0 Å². The third kappa shape index (κ3) is 11.4. The van der Waals surface area contributed by atoms with Gasteiger partial charge in [-0.25, -0.2) is 8.42 Å². The van der Waals surface area contributed by atoms with Gasteiger partial charge < -0.3 is 0 Å². The number of nitrogens with one attached hydrogen (secondary N) is 1. The van der Waals surface area contributed by atoms with Crippen molar-refractivity contribution in [2.45, 2.75) is 0 Å². The van der Waals surface area contributed by atoms with Crippen LogP contribution in [0, 0.1) is 16.7 Å². The van der Waals surface area contributed by atoms with Crippen LogP contribution in [-0.4, -0.2) is 76.2 Å². The molecule has 0 heterocycles. The van der Waals surface area contributed by atoms with Gasteiger partial charge in [0.2, 0.25) is 8.87 Å². The van der Waals surface area contributed by atoms with Crippen molar-refractivity contribution in [1.29, 1.82) is 10.7 Å². The molecular formula is C4H7KN2O2S3. The maximum atomic E-state index is 10.5. The van der Waals surface area contributed by atoms with Gasteiger partial charge in [-0.15, -0.1) is 0 Å². The van der Waals surface area contributed by atoms with Crippen molar-refractivity contribution in [3.05, 3.63) is 0 Å². The van der Waals surface area contributed by atoms with E-state index in [1.165, 1.54) is 0 Å². The molecule has 0 atom stereocenters. The molecule has 0 unspecified atom stereocenters. The molecule has 0 aliphatic carbocycles. The van der Waals surface area contributed by atoms with Gasteiger partial charge in [-0.1, -0.05) is 11.8 Å². The summed E-state index contributed by atoms with van der Waals surface area (Å²) >= 11 is 0.909. The standard InChI is InChI=1S/C4H6N2O2S3.K.H/c1-11(7,8)10-4(6)9-3-2-5;;/h6H,3H2,1H3;;. The number of rotatable bonds is 2. The molecule has 0 amide bonds. The SMILES string of the molecule is CS(=O)(=O)SC(=N)SCC#N.[KH]. The summed E-state index contributed by atoms with van der Waals surface area (Å²) in [6.45, 7) is 0. The summed E-state index contributed by atoms with van der Waals surface area (Å²) in [6, 6.07) is 1.80. The molecule has 0 aromatic carbocycles. The number of nitrogens with zero attached hydrogens (tertiary/aromatic N) is 1. The van der Waals surface area contributed by atoms with Gasteiger partial charge in [0, 0.05) is 17.0 Å². The first-order chi connectivity index (χ1) is 4.95. The first-order valence-electron chi connectivity index (χ1n) is 2.43. The third-order valence-electron chi connectivity index (χ3n) is 0.495. The average Bonchev–Trinajstić information content (AvgIpc) is 1.79. The number of thioether (sulfide) groups is 1. The second-order valence-corrected chi connectivity index (χ2v) is 7.07. The summed E-state index contributed by atoms with van der Waals surface area (Å²) < 4.78 is 21.0. The molecular weight excluding hydrogens is 243 g/mol. The van der Waals surface area contributed by atoms with Gasteiger partial charge in [0.15, 0.2) is 0 Å². The van der Waals surface area contributed by atoms with Gasteiger partial charge >= 0.3 is 51.4 Å². The Balaban J connectivity index is 0. The molecule has 0 bridgehead atoms. The van der Waals surface area contributed by atoms with Crippen LogP contribution >= 0.6 is 22.6 Å². The summed E-state index contributed by atoms with van der Waals surface area (Å²) in [6.07, 6.45) is 1.03. The molecule has 0 radical (unpaired) electrons. The number of nitriles is 1. The van der Waals surface area contributed by atoms with E-state index in [0.717, 1.165) is 18.0 Å². The second kappa shape index (κ2) is 7.81. The third-order valence-corrected chi connectivity index (χ3v) is 3.81. The van der Waals surface area contributed by atoms with Crippen molar-refractivity contribution in [2.75, 3.05) is 12.0 Å². The van der Waals surface area contributed by atoms with Crippen LogP contribution in [0.1, 0.15) is 0 Å².